The van der Waals surface area contributed by atoms with Crippen LogP contribution >= 0.6 is 15.9 Å². The highest BCUT2D eigenvalue weighted by atomic mass is 79.9. The third-order valence-electron chi connectivity index (χ3n) is 3.13. The third kappa shape index (κ3) is 3.61. The van der Waals surface area contributed by atoms with Crippen molar-refractivity contribution in [3.8, 4) is 0 Å². The molecule has 0 radical (unpaired) electrons. The number of anilines is 1. The summed E-state index contributed by atoms with van der Waals surface area (Å²) in [6, 6.07) is 13.8. The van der Waals surface area contributed by atoms with Gasteiger partial charge in [0.2, 0.25) is 0 Å². The van der Waals surface area contributed by atoms with E-state index in [0.29, 0.717) is 5.56 Å². The first-order valence-electron chi connectivity index (χ1n) is 6.41. The highest BCUT2D eigenvalue weighted by Crippen LogP contribution is 2.21. The predicted octanol–water partition coefficient (Wildman–Crippen LogP) is 3.73. The molecule has 0 aliphatic carbocycles. The predicted molar refractivity (Wildman–Crippen MR) is 86.0 cm³/mol. The van der Waals surface area contributed by atoms with Crippen LogP contribution in [0.3, 0.4) is 0 Å². The van der Waals surface area contributed by atoms with E-state index >= 15 is 0 Å². The highest BCUT2D eigenvalue weighted by Gasteiger charge is 2.03. The van der Waals surface area contributed by atoms with Crippen LogP contribution in [0.1, 0.15) is 21.5 Å². The van der Waals surface area contributed by atoms with Gasteiger partial charge in [0.05, 0.1) is 0 Å². The number of benzene rings is 2. The molecule has 2 aromatic rings. The Labute approximate surface area is 127 Å². The van der Waals surface area contributed by atoms with E-state index in [4.69, 9.17) is 0 Å². The zero-order valence-corrected chi connectivity index (χ0v) is 13.1. The van der Waals surface area contributed by atoms with E-state index in [2.05, 4.69) is 45.6 Å². The quantitative estimate of drug-likeness (QED) is 0.895. The number of hydrogen-bond acceptors (Lipinski definition) is 2. The first-order chi connectivity index (χ1) is 9.60. The summed E-state index contributed by atoms with van der Waals surface area (Å²) in [6.07, 6.45) is 0. The monoisotopic (exact) mass is 332 g/mol. The second-order valence-electron chi connectivity index (χ2n) is 4.59. The van der Waals surface area contributed by atoms with Gasteiger partial charge >= 0.3 is 0 Å². The van der Waals surface area contributed by atoms with Crippen molar-refractivity contribution in [2.45, 2.75) is 13.5 Å². The third-order valence-corrected chi connectivity index (χ3v) is 3.62. The van der Waals surface area contributed by atoms with Gasteiger partial charge in [0.25, 0.3) is 5.91 Å². The molecular weight excluding hydrogens is 316 g/mol. The number of aryl methyl sites for hydroxylation is 1. The largest absolute Gasteiger partial charge is 0.381 e. The van der Waals surface area contributed by atoms with Crippen LogP contribution in [0.4, 0.5) is 5.69 Å². The molecule has 0 aliphatic heterocycles. The Hall–Kier alpha value is -1.81. The van der Waals surface area contributed by atoms with Gasteiger partial charge < -0.3 is 10.6 Å². The van der Waals surface area contributed by atoms with Crippen molar-refractivity contribution < 1.29 is 4.79 Å². The maximum absolute atomic E-state index is 11.5. The van der Waals surface area contributed by atoms with Gasteiger partial charge in [0, 0.05) is 29.3 Å². The molecule has 0 bridgehead atoms. The number of carbonyl (C=O) groups is 1. The number of hydrogen-bond donors (Lipinski definition) is 2. The molecule has 0 heterocycles. The molecule has 0 aliphatic rings. The molecule has 2 rings (SSSR count). The molecule has 2 N–H and O–H groups in total. The van der Waals surface area contributed by atoms with Crippen LogP contribution in [0.15, 0.2) is 46.9 Å². The Bertz CT molecular complexity index is 608. The fourth-order valence-electron chi connectivity index (χ4n) is 1.90. The molecule has 0 saturated heterocycles. The average Bonchev–Trinajstić information content (AvgIpc) is 2.48. The zero-order chi connectivity index (χ0) is 14.5. The molecule has 2 aromatic carbocycles. The van der Waals surface area contributed by atoms with E-state index in [9.17, 15) is 4.79 Å². The van der Waals surface area contributed by atoms with Gasteiger partial charge in [-0.25, -0.2) is 0 Å². The van der Waals surface area contributed by atoms with E-state index in [-0.39, 0.29) is 5.91 Å². The summed E-state index contributed by atoms with van der Waals surface area (Å²) in [5.74, 6) is -0.0626. The zero-order valence-electron chi connectivity index (χ0n) is 11.5. The van der Waals surface area contributed by atoms with Gasteiger partial charge in [0.15, 0.2) is 0 Å². The number of carbonyl (C=O) groups excluding carboxylic acids is 1. The van der Waals surface area contributed by atoms with Crippen LogP contribution in [0.2, 0.25) is 0 Å². The smallest absolute Gasteiger partial charge is 0.251 e. The second kappa shape index (κ2) is 6.57. The number of halogens is 1. The van der Waals surface area contributed by atoms with Gasteiger partial charge in [-0.05, 0) is 42.3 Å². The van der Waals surface area contributed by atoms with Crippen molar-refractivity contribution >= 4 is 27.5 Å². The van der Waals surface area contributed by atoms with Crippen LogP contribution in [0, 0.1) is 6.92 Å². The van der Waals surface area contributed by atoms with Gasteiger partial charge in [-0.3, -0.25) is 4.79 Å². The molecule has 3 nitrogen and oxygen atoms in total. The van der Waals surface area contributed by atoms with Crippen molar-refractivity contribution in [2.24, 2.45) is 0 Å². The first-order valence-corrected chi connectivity index (χ1v) is 7.20. The summed E-state index contributed by atoms with van der Waals surface area (Å²) < 4.78 is 1.06. The Kier molecular flexibility index (Phi) is 4.79. The van der Waals surface area contributed by atoms with Crippen molar-refractivity contribution in [1.29, 1.82) is 0 Å². The first kappa shape index (κ1) is 14.6. The standard InChI is InChI=1S/C16H17BrN2O/c1-11-3-8-14(17)9-15(11)19-10-12-4-6-13(7-5-12)16(20)18-2/h3-9,19H,10H2,1-2H3,(H,18,20). The van der Waals surface area contributed by atoms with Gasteiger partial charge in [-0.1, -0.05) is 34.1 Å². The lowest BCUT2D eigenvalue weighted by Gasteiger charge is -2.10. The van der Waals surface area contributed by atoms with Crippen LogP contribution in [0.25, 0.3) is 0 Å². The number of amides is 1. The molecule has 0 fully saturated rings. The van der Waals surface area contributed by atoms with Crippen molar-refractivity contribution in [2.75, 3.05) is 12.4 Å². The van der Waals surface area contributed by atoms with Gasteiger partial charge in [-0.2, -0.15) is 0 Å². The Morgan fingerprint density at radius 3 is 2.50 bits per heavy atom. The summed E-state index contributed by atoms with van der Waals surface area (Å²) in [6.45, 7) is 2.80. The highest BCUT2D eigenvalue weighted by molar-refractivity contribution is 9.10. The maximum Gasteiger partial charge on any atom is 0.251 e. The van der Waals surface area contributed by atoms with Crippen molar-refractivity contribution in [1.82, 2.24) is 5.32 Å². The molecule has 0 atom stereocenters. The summed E-state index contributed by atoms with van der Waals surface area (Å²) in [5, 5.41) is 6.01. The van der Waals surface area contributed by atoms with Crippen molar-refractivity contribution in [3.05, 3.63) is 63.6 Å². The van der Waals surface area contributed by atoms with E-state index in [1.165, 1.54) is 5.56 Å². The molecular formula is C16H17BrN2O. The minimum atomic E-state index is -0.0626. The average molecular weight is 333 g/mol. The molecule has 4 heteroatoms. The molecule has 0 spiro atoms. The Balaban J connectivity index is 2.04. The maximum atomic E-state index is 11.5. The van der Waals surface area contributed by atoms with Crippen LogP contribution in [0.5, 0.6) is 0 Å². The molecule has 20 heavy (non-hydrogen) atoms. The fraction of sp³-hybridized carbons (Fsp3) is 0.188. The van der Waals surface area contributed by atoms with E-state index in [1.54, 1.807) is 7.05 Å². The minimum Gasteiger partial charge on any atom is -0.381 e. The van der Waals surface area contributed by atoms with E-state index in [1.807, 2.05) is 30.3 Å². The lowest BCUT2D eigenvalue weighted by molar-refractivity contribution is 0.0963. The van der Waals surface area contributed by atoms with Crippen LogP contribution < -0.4 is 10.6 Å². The minimum absolute atomic E-state index is 0.0626. The Morgan fingerprint density at radius 1 is 1.15 bits per heavy atom. The normalized spacial score (nSPS) is 10.2. The van der Waals surface area contributed by atoms with E-state index < -0.39 is 0 Å². The molecule has 0 unspecified atom stereocenters. The van der Waals surface area contributed by atoms with Gasteiger partial charge in [0.1, 0.15) is 0 Å². The summed E-state index contributed by atoms with van der Waals surface area (Å²) >= 11 is 3.47. The fourth-order valence-corrected chi connectivity index (χ4v) is 2.26. The lowest BCUT2D eigenvalue weighted by Crippen LogP contribution is -2.17. The Morgan fingerprint density at radius 2 is 1.85 bits per heavy atom. The second-order valence-corrected chi connectivity index (χ2v) is 5.50. The van der Waals surface area contributed by atoms with Crippen LogP contribution in [-0.2, 0) is 6.54 Å². The molecule has 1 amide bonds. The molecule has 104 valence electrons. The lowest BCUT2D eigenvalue weighted by atomic mass is 10.1. The van der Waals surface area contributed by atoms with Crippen molar-refractivity contribution in [3.63, 3.8) is 0 Å². The SMILES string of the molecule is CNC(=O)c1ccc(CNc2cc(Br)ccc2C)cc1. The van der Waals surface area contributed by atoms with Crippen LogP contribution in [-0.4, -0.2) is 13.0 Å². The van der Waals surface area contributed by atoms with Gasteiger partial charge in [-0.15, -0.1) is 0 Å². The van der Waals surface area contributed by atoms with E-state index in [0.717, 1.165) is 22.3 Å². The summed E-state index contributed by atoms with van der Waals surface area (Å²) in [5.41, 5.74) is 4.12. The summed E-state index contributed by atoms with van der Waals surface area (Å²) in [4.78, 5) is 11.5. The molecule has 0 aromatic heterocycles. The summed E-state index contributed by atoms with van der Waals surface area (Å²) in [7, 11) is 1.63. The number of rotatable bonds is 4. The molecule has 0 saturated carbocycles. The topological polar surface area (TPSA) is 41.1 Å². The number of nitrogens with one attached hydrogen (secondary N) is 2.